The van der Waals surface area contributed by atoms with E-state index in [0.717, 1.165) is 12.4 Å². The Morgan fingerprint density at radius 2 is 2.55 bits per heavy atom. The van der Waals surface area contributed by atoms with Crippen molar-refractivity contribution in [2.45, 2.75) is 6.54 Å². The van der Waals surface area contributed by atoms with Crippen LogP contribution >= 0.6 is 23.1 Å². The molecule has 0 spiro atoms. The molecule has 0 aromatic carbocycles. The SMILES string of the molecule is C1=CN(Cc2cccs2)CS1. The number of hydrogen-bond donors (Lipinski definition) is 0. The molecule has 0 aliphatic carbocycles. The highest BCUT2D eigenvalue weighted by Gasteiger charge is 2.04. The lowest BCUT2D eigenvalue weighted by molar-refractivity contribution is 0.445. The van der Waals surface area contributed by atoms with Crippen molar-refractivity contribution in [2.75, 3.05) is 5.88 Å². The second-order valence-electron chi connectivity index (χ2n) is 2.41. The summed E-state index contributed by atoms with van der Waals surface area (Å²) in [7, 11) is 0. The van der Waals surface area contributed by atoms with E-state index in [2.05, 4.69) is 34.0 Å². The number of thioether (sulfide) groups is 1. The van der Waals surface area contributed by atoms with Gasteiger partial charge in [-0.25, -0.2) is 0 Å². The minimum atomic E-state index is 1.07. The number of nitrogens with zero attached hydrogens (tertiary/aromatic N) is 1. The summed E-state index contributed by atoms with van der Waals surface area (Å²) in [5.41, 5.74) is 0. The van der Waals surface area contributed by atoms with E-state index in [4.69, 9.17) is 0 Å². The number of rotatable bonds is 2. The van der Waals surface area contributed by atoms with E-state index in [-0.39, 0.29) is 0 Å². The van der Waals surface area contributed by atoms with Crippen molar-refractivity contribution in [1.82, 2.24) is 4.90 Å². The zero-order chi connectivity index (χ0) is 7.52. The van der Waals surface area contributed by atoms with Gasteiger partial charge in [-0.2, -0.15) is 0 Å². The molecule has 0 saturated heterocycles. The molecule has 1 aromatic rings. The van der Waals surface area contributed by atoms with E-state index in [1.807, 2.05) is 23.1 Å². The standard InChI is InChI=1S/C8H9NS2/c1-2-8(11-4-1)6-9-3-5-10-7-9/h1-5H,6-7H2. The maximum atomic E-state index is 2.32. The highest BCUT2D eigenvalue weighted by atomic mass is 32.2. The van der Waals surface area contributed by atoms with Crippen LogP contribution in [0.2, 0.25) is 0 Å². The van der Waals surface area contributed by atoms with Gasteiger partial charge in [-0.05, 0) is 16.9 Å². The van der Waals surface area contributed by atoms with Crippen LogP contribution in [0, 0.1) is 0 Å². The van der Waals surface area contributed by atoms with Crippen molar-refractivity contribution in [1.29, 1.82) is 0 Å². The quantitative estimate of drug-likeness (QED) is 0.693. The Hall–Kier alpha value is -0.410. The molecule has 1 aliphatic rings. The maximum absolute atomic E-state index is 2.32. The fourth-order valence-corrected chi connectivity index (χ4v) is 2.45. The van der Waals surface area contributed by atoms with Crippen LogP contribution < -0.4 is 0 Å². The lowest BCUT2D eigenvalue weighted by Crippen LogP contribution is -2.10. The first-order chi connectivity index (χ1) is 5.45. The first-order valence-electron chi connectivity index (χ1n) is 3.50. The molecule has 3 heteroatoms. The van der Waals surface area contributed by atoms with Gasteiger partial charge >= 0.3 is 0 Å². The molecule has 0 unspecified atom stereocenters. The van der Waals surface area contributed by atoms with Crippen LogP contribution in [0.4, 0.5) is 0 Å². The normalized spacial score (nSPS) is 16.2. The Kier molecular flexibility index (Phi) is 2.19. The predicted octanol–water partition coefficient (Wildman–Crippen LogP) is 2.73. The van der Waals surface area contributed by atoms with Crippen LogP contribution in [0.1, 0.15) is 4.88 Å². The molecular weight excluding hydrogens is 174 g/mol. The third-order valence-corrected chi connectivity index (χ3v) is 3.20. The van der Waals surface area contributed by atoms with E-state index < -0.39 is 0 Å². The van der Waals surface area contributed by atoms with Gasteiger partial charge in [0.1, 0.15) is 0 Å². The van der Waals surface area contributed by atoms with Crippen molar-refractivity contribution in [3.05, 3.63) is 34.0 Å². The molecule has 0 N–H and O–H groups in total. The summed E-state index contributed by atoms with van der Waals surface area (Å²) in [6.45, 7) is 1.07. The van der Waals surface area contributed by atoms with E-state index in [1.165, 1.54) is 4.88 Å². The van der Waals surface area contributed by atoms with Crippen LogP contribution in [-0.4, -0.2) is 10.8 Å². The molecule has 11 heavy (non-hydrogen) atoms. The predicted molar refractivity (Wildman–Crippen MR) is 51.5 cm³/mol. The minimum Gasteiger partial charge on any atom is -0.362 e. The van der Waals surface area contributed by atoms with Crippen molar-refractivity contribution in [2.24, 2.45) is 0 Å². The van der Waals surface area contributed by atoms with Gasteiger partial charge in [0, 0.05) is 11.1 Å². The average Bonchev–Trinajstić information content (AvgIpc) is 2.60. The second-order valence-corrected chi connectivity index (χ2v) is 4.30. The van der Waals surface area contributed by atoms with Gasteiger partial charge in [-0.3, -0.25) is 0 Å². The molecule has 0 atom stereocenters. The molecule has 58 valence electrons. The first-order valence-corrected chi connectivity index (χ1v) is 5.43. The molecule has 1 nitrogen and oxygen atoms in total. The lowest BCUT2D eigenvalue weighted by Gasteiger charge is -2.12. The molecule has 0 radical (unpaired) electrons. The molecule has 1 aliphatic heterocycles. The smallest absolute Gasteiger partial charge is 0.0679 e. The Labute approximate surface area is 74.7 Å². The fraction of sp³-hybridized carbons (Fsp3) is 0.250. The van der Waals surface area contributed by atoms with Gasteiger partial charge in [0.05, 0.1) is 12.4 Å². The third-order valence-electron chi connectivity index (χ3n) is 1.55. The number of hydrogen-bond acceptors (Lipinski definition) is 3. The lowest BCUT2D eigenvalue weighted by atomic mass is 10.4. The Morgan fingerprint density at radius 1 is 1.55 bits per heavy atom. The maximum Gasteiger partial charge on any atom is 0.0679 e. The molecule has 2 rings (SSSR count). The van der Waals surface area contributed by atoms with Crippen LogP contribution in [0.15, 0.2) is 29.1 Å². The average molecular weight is 183 g/mol. The summed E-state index contributed by atoms with van der Waals surface area (Å²) < 4.78 is 0. The van der Waals surface area contributed by atoms with Crippen LogP contribution in [0.3, 0.4) is 0 Å². The summed E-state index contributed by atoms with van der Waals surface area (Å²) >= 11 is 3.68. The zero-order valence-electron chi connectivity index (χ0n) is 6.06. The summed E-state index contributed by atoms with van der Waals surface area (Å²) in [5, 5.41) is 4.27. The Morgan fingerprint density at radius 3 is 3.18 bits per heavy atom. The summed E-state index contributed by atoms with van der Waals surface area (Å²) in [5.74, 6) is 1.11. The summed E-state index contributed by atoms with van der Waals surface area (Å²) in [4.78, 5) is 3.76. The largest absolute Gasteiger partial charge is 0.362 e. The molecule has 2 heterocycles. The topological polar surface area (TPSA) is 3.24 Å². The second kappa shape index (κ2) is 3.32. The molecule has 0 fully saturated rings. The van der Waals surface area contributed by atoms with E-state index in [0.29, 0.717) is 0 Å². The highest BCUT2D eigenvalue weighted by Crippen LogP contribution is 2.19. The minimum absolute atomic E-state index is 1.07. The van der Waals surface area contributed by atoms with Crippen molar-refractivity contribution in [3.8, 4) is 0 Å². The van der Waals surface area contributed by atoms with Crippen molar-refractivity contribution >= 4 is 23.1 Å². The van der Waals surface area contributed by atoms with Gasteiger partial charge in [-0.15, -0.1) is 23.1 Å². The van der Waals surface area contributed by atoms with Gasteiger partial charge in [-0.1, -0.05) is 6.07 Å². The van der Waals surface area contributed by atoms with Crippen LogP contribution in [-0.2, 0) is 6.54 Å². The Balaban J connectivity index is 1.95. The zero-order valence-corrected chi connectivity index (χ0v) is 7.70. The van der Waals surface area contributed by atoms with Gasteiger partial charge in [0.15, 0.2) is 0 Å². The fourth-order valence-electron chi connectivity index (χ4n) is 1.01. The molecule has 0 saturated carbocycles. The first kappa shape index (κ1) is 7.25. The van der Waals surface area contributed by atoms with Crippen LogP contribution in [0.5, 0.6) is 0 Å². The van der Waals surface area contributed by atoms with E-state index in [1.54, 1.807) is 0 Å². The molecule has 0 amide bonds. The molecule has 1 aromatic heterocycles. The Bertz CT molecular complexity index is 241. The van der Waals surface area contributed by atoms with Gasteiger partial charge in [0.2, 0.25) is 0 Å². The van der Waals surface area contributed by atoms with E-state index >= 15 is 0 Å². The molecular formula is C8H9NS2. The van der Waals surface area contributed by atoms with Crippen molar-refractivity contribution < 1.29 is 0 Å². The molecule has 0 bridgehead atoms. The monoisotopic (exact) mass is 183 g/mol. The summed E-state index contributed by atoms with van der Waals surface area (Å²) in [6.07, 6.45) is 2.16. The van der Waals surface area contributed by atoms with Crippen molar-refractivity contribution in [3.63, 3.8) is 0 Å². The highest BCUT2D eigenvalue weighted by molar-refractivity contribution is 8.02. The summed E-state index contributed by atoms with van der Waals surface area (Å²) in [6, 6.07) is 4.29. The van der Waals surface area contributed by atoms with E-state index in [9.17, 15) is 0 Å². The number of thiophene rings is 1. The third kappa shape index (κ3) is 1.79. The van der Waals surface area contributed by atoms with Crippen LogP contribution in [0.25, 0.3) is 0 Å². The van der Waals surface area contributed by atoms with Gasteiger partial charge < -0.3 is 4.90 Å². The van der Waals surface area contributed by atoms with Gasteiger partial charge in [0.25, 0.3) is 0 Å².